The van der Waals surface area contributed by atoms with Crippen LogP contribution in [0.1, 0.15) is 69.5 Å². The van der Waals surface area contributed by atoms with E-state index in [1.54, 1.807) is 0 Å². The van der Waals surface area contributed by atoms with Gasteiger partial charge in [0.15, 0.2) is 0 Å². The number of hydrogen-bond acceptors (Lipinski definition) is 4. The van der Waals surface area contributed by atoms with Crippen LogP contribution in [-0.2, 0) is 16.2 Å². The quantitative estimate of drug-likeness (QED) is 0.0910. The molecule has 664 valence electrons. The van der Waals surface area contributed by atoms with E-state index >= 15 is 0 Å². The van der Waals surface area contributed by atoms with Gasteiger partial charge in [-0.2, -0.15) is 0 Å². The molecule has 0 fully saturated rings. The fraction of sp³-hybridized carbons (Fsp3) is 0.0365. The van der Waals surface area contributed by atoms with Crippen LogP contribution >= 0.6 is 0 Å². The lowest BCUT2D eigenvalue weighted by Gasteiger charge is -2.34. The van der Waals surface area contributed by atoms with Crippen molar-refractivity contribution < 1.29 is 8.83 Å². The zero-order valence-corrected chi connectivity index (χ0v) is 78.0. The van der Waals surface area contributed by atoms with Gasteiger partial charge in [-0.05, 0) is 277 Å². The third kappa shape index (κ3) is 14.0. The Morgan fingerprint density at radius 1 is 0.156 bits per heavy atom. The molecule has 0 unspecified atom stereocenters. The molecule has 3 aliphatic carbocycles. The lowest BCUT2D eigenvalue weighted by Crippen LogP contribution is -2.28. The van der Waals surface area contributed by atoms with Gasteiger partial charge in [-0.3, -0.25) is 0 Å². The molecule has 2 aromatic heterocycles. The van der Waals surface area contributed by atoms with Crippen LogP contribution in [0.5, 0.6) is 0 Å². The fourth-order valence-corrected chi connectivity index (χ4v) is 23.3. The van der Waals surface area contributed by atoms with Crippen molar-refractivity contribution in [2.24, 2.45) is 0 Å². The summed E-state index contributed by atoms with van der Waals surface area (Å²) in [7, 11) is 0. The number of anilines is 6. The van der Waals surface area contributed by atoms with Crippen LogP contribution in [0, 0.1) is 0 Å². The van der Waals surface area contributed by atoms with Gasteiger partial charge in [0.2, 0.25) is 0 Å². The van der Waals surface area contributed by atoms with E-state index in [1.165, 1.54) is 122 Å². The highest BCUT2D eigenvalue weighted by atomic mass is 16.3. The maximum absolute atomic E-state index is 6.88. The number of para-hydroxylation sites is 2. The first-order chi connectivity index (χ1) is 69.6. The number of benzene rings is 22. The molecule has 4 nitrogen and oxygen atoms in total. The van der Waals surface area contributed by atoms with E-state index in [2.05, 4.69) is 557 Å². The van der Waals surface area contributed by atoms with Crippen molar-refractivity contribution in [2.45, 2.75) is 30.1 Å². The Morgan fingerprint density at radius 2 is 0.404 bits per heavy atom. The number of nitrogens with zero attached hydrogens (tertiary/aromatic N) is 2. The lowest BCUT2D eigenvalue weighted by molar-refractivity contribution is 0.660. The Labute approximate surface area is 821 Å². The highest BCUT2D eigenvalue weighted by Gasteiger charge is 2.48. The molecule has 4 heteroatoms. The molecule has 0 amide bonds. The molecule has 0 bridgehead atoms. The summed E-state index contributed by atoms with van der Waals surface area (Å²) in [4.78, 5) is 4.75. The molecule has 24 aromatic rings. The smallest absolute Gasteiger partial charge is 0.143 e. The van der Waals surface area contributed by atoms with Gasteiger partial charge >= 0.3 is 0 Å². The van der Waals surface area contributed by atoms with Crippen LogP contribution in [0.15, 0.2) is 543 Å². The minimum atomic E-state index is -0.517. The van der Waals surface area contributed by atoms with Crippen molar-refractivity contribution in [1.29, 1.82) is 0 Å². The Balaban J connectivity index is 0.000000145. The molecule has 0 atom stereocenters. The van der Waals surface area contributed by atoms with Crippen LogP contribution in [0.25, 0.3) is 155 Å². The average molecular weight is 1800 g/mol. The number of furan rings is 2. The molecular weight excluding hydrogens is 1710 g/mol. The fourth-order valence-electron chi connectivity index (χ4n) is 23.3. The Hall–Kier alpha value is -18.0. The third-order valence-corrected chi connectivity index (χ3v) is 29.9. The molecule has 27 rings (SSSR count). The van der Waals surface area contributed by atoms with Crippen LogP contribution < -0.4 is 9.80 Å². The summed E-state index contributed by atoms with van der Waals surface area (Å²) in [5.41, 5.74) is 45.5. The van der Waals surface area contributed by atoms with Crippen LogP contribution in [0.2, 0.25) is 0 Å². The van der Waals surface area contributed by atoms with E-state index in [0.717, 1.165) is 123 Å². The predicted molar refractivity (Wildman–Crippen MR) is 587 cm³/mol. The summed E-state index contributed by atoms with van der Waals surface area (Å²) >= 11 is 0. The first kappa shape index (κ1) is 83.6. The second-order valence-electron chi connectivity index (χ2n) is 38.0. The second kappa shape index (κ2) is 34.4. The molecule has 141 heavy (non-hydrogen) atoms. The van der Waals surface area contributed by atoms with E-state index in [0.29, 0.717) is 0 Å². The van der Waals surface area contributed by atoms with Crippen molar-refractivity contribution in [2.75, 3.05) is 9.80 Å². The third-order valence-electron chi connectivity index (χ3n) is 29.9. The van der Waals surface area contributed by atoms with E-state index in [9.17, 15) is 0 Å². The largest absolute Gasteiger partial charge is 0.455 e. The Kier molecular flexibility index (Phi) is 20.4. The Morgan fingerprint density at radius 3 is 0.759 bits per heavy atom. The van der Waals surface area contributed by atoms with Crippen molar-refractivity contribution in [3.05, 3.63) is 589 Å². The van der Waals surface area contributed by atoms with Gasteiger partial charge in [-0.25, -0.2) is 0 Å². The minimum absolute atomic E-state index is 0.129. The molecule has 0 saturated carbocycles. The summed E-state index contributed by atoms with van der Waals surface area (Å²) in [5.74, 6) is 0. The van der Waals surface area contributed by atoms with Crippen LogP contribution in [0.3, 0.4) is 0 Å². The van der Waals surface area contributed by atoms with Gasteiger partial charge in [0.25, 0.3) is 0 Å². The standard InChI is InChI=1S/C70H49NO.C67H45NO/c1-69(2)63-27-15-12-24-56(63)58-41-39-55(45-65(58)69)71(53-35-30-47(31-36-53)46-18-6-3-7-19-46)54-37-32-48(33-38-54)50-42-61(68-62(43-50)60-26-14-17-29-67(60)72-68)49-34-40-59-57-25-13-16-28-64(57)70(66(59)44-49,51-20-8-4-9-21-51)52-22-10-5-11-23-52;1-5-17-46(18-6-1)48-29-36-55(37-30-48)68(56-38-31-49(32-39-56)47-19-7-2-8-20-47)57-40-33-50(34-41-57)52-43-61(66-62(44-52)60-26-14-16-28-65(60)69-66)51-35-42-59-58-25-13-15-27-63(58)67(64(59)45-51,53-21-9-3-10-22-53)54-23-11-4-12-24-54/h3-45H,1-2H3;1-45H. The number of fused-ring (bicyclic) bond motifs is 15. The molecule has 0 aliphatic heterocycles. The first-order valence-corrected chi connectivity index (χ1v) is 48.8. The zero-order chi connectivity index (χ0) is 93.7. The molecular formula is C137H94N2O2. The van der Waals surface area contributed by atoms with Gasteiger partial charge < -0.3 is 18.6 Å². The van der Waals surface area contributed by atoms with Crippen molar-refractivity contribution in [1.82, 2.24) is 0 Å². The highest BCUT2D eigenvalue weighted by Crippen LogP contribution is 2.61. The van der Waals surface area contributed by atoms with Gasteiger partial charge in [-0.1, -0.05) is 426 Å². The molecule has 2 heterocycles. The summed E-state index contributed by atoms with van der Waals surface area (Å²) in [6.45, 7) is 4.71. The van der Waals surface area contributed by atoms with E-state index in [1.807, 2.05) is 0 Å². The van der Waals surface area contributed by atoms with Crippen molar-refractivity contribution in [3.63, 3.8) is 0 Å². The topological polar surface area (TPSA) is 32.8 Å². The predicted octanol–water partition coefficient (Wildman–Crippen LogP) is 36.8. The van der Waals surface area contributed by atoms with E-state index in [4.69, 9.17) is 8.83 Å². The molecule has 0 spiro atoms. The van der Waals surface area contributed by atoms with E-state index in [-0.39, 0.29) is 5.41 Å². The lowest BCUT2D eigenvalue weighted by atomic mass is 9.67. The average Bonchev–Trinajstić information content (AvgIpc) is 1.54. The maximum Gasteiger partial charge on any atom is 0.143 e. The summed E-state index contributed by atoms with van der Waals surface area (Å²) in [6.07, 6.45) is 0. The molecule has 0 saturated heterocycles. The van der Waals surface area contributed by atoms with Gasteiger partial charge in [-0.15, -0.1) is 0 Å². The molecule has 3 aliphatic rings. The summed E-state index contributed by atoms with van der Waals surface area (Å²) < 4.78 is 13.7. The molecule has 0 N–H and O–H groups in total. The zero-order valence-electron chi connectivity index (χ0n) is 78.0. The second-order valence-corrected chi connectivity index (χ2v) is 38.0. The van der Waals surface area contributed by atoms with Crippen LogP contribution in [0.4, 0.5) is 34.1 Å². The van der Waals surface area contributed by atoms with Gasteiger partial charge in [0.05, 0.1) is 10.8 Å². The normalized spacial score (nSPS) is 13.1. The van der Waals surface area contributed by atoms with Crippen molar-refractivity contribution in [3.8, 4) is 111 Å². The summed E-state index contributed by atoms with van der Waals surface area (Å²) in [6, 6.07) is 195. The monoisotopic (exact) mass is 1800 g/mol. The minimum Gasteiger partial charge on any atom is -0.455 e. The SMILES string of the molecule is CC1(C)c2ccccc2-c2ccc(N(c3ccc(-c4ccccc4)cc3)c3ccc(-c4cc(-c5ccc6c(c5)C(c5ccccc5)(c5ccccc5)c5ccccc5-6)c5oc6ccccc6c5c4)cc3)cc21.c1ccc(-c2ccc(N(c3ccc(-c4ccccc4)cc3)c3ccc(-c4cc(-c5ccc6c(c5)C(c5ccccc5)(c5ccccc5)c5ccccc5-6)c5oc6ccccc6c5c4)cc3)cc2)cc1. The summed E-state index contributed by atoms with van der Waals surface area (Å²) in [5, 5.41) is 4.41. The van der Waals surface area contributed by atoms with Gasteiger partial charge in [0, 0.05) is 72.2 Å². The highest BCUT2D eigenvalue weighted by molar-refractivity contribution is 6.14. The van der Waals surface area contributed by atoms with Gasteiger partial charge in [0.1, 0.15) is 22.3 Å². The number of rotatable bonds is 17. The van der Waals surface area contributed by atoms with Crippen LogP contribution in [-0.4, -0.2) is 0 Å². The molecule has 22 aromatic carbocycles. The van der Waals surface area contributed by atoms with Crippen molar-refractivity contribution >= 4 is 78.0 Å². The Bertz CT molecular complexity index is 8700. The van der Waals surface area contributed by atoms with E-state index < -0.39 is 10.8 Å². The molecule has 0 radical (unpaired) electrons. The maximum atomic E-state index is 6.88. The first-order valence-electron chi connectivity index (χ1n) is 48.8. The number of hydrogen-bond donors (Lipinski definition) is 0.